The Morgan fingerprint density at radius 2 is 1.60 bits per heavy atom. The average Bonchev–Trinajstić information content (AvgIpc) is 2.98. The number of fused-ring (bicyclic) bond motifs is 1. The van der Waals surface area contributed by atoms with Crippen LogP contribution in [-0.2, 0) is 9.53 Å². The molecular formula is C30H27O13+. The Bertz CT molecular complexity index is 1670. The van der Waals surface area contributed by atoms with Gasteiger partial charge in [0.15, 0.2) is 11.5 Å². The molecule has 224 valence electrons. The highest BCUT2D eigenvalue weighted by Gasteiger charge is 2.45. The Morgan fingerprint density at radius 1 is 0.860 bits per heavy atom. The lowest BCUT2D eigenvalue weighted by Gasteiger charge is -2.39. The fourth-order valence-electron chi connectivity index (χ4n) is 4.38. The number of hydrogen-bond acceptors (Lipinski definition) is 12. The van der Waals surface area contributed by atoms with Gasteiger partial charge < -0.3 is 55.1 Å². The van der Waals surface area contributed by atoms with Gasteiger partial charge in [0.25, 0.3) is 0 Å². The first-order chi connectivity index (χ1) is 20.5. The van der Waals surface area contributed by atoms with Gasteiger partial charge in [-0.2, -0.15) is 0 Å². The highest BCUT2D eigenvalue weighted by atomic mass is 16.7. The zero-order chi connectivity index (χ0) is 30.8. The number of hydrogen-bond donors (Lipinski definition) is 8. The first kappa shape index (κ1) is 29.6. The highest BCUT2D eigenvalue weighted by Crippen LogP contribution is 2.42. The molecule has 1 aliphatic heterocycles. The molecule has 1 saturated heterocycles. The first-order valence-electron chi connectivity index (χ1n) is 12.9. The summed E-state index contributed by atoms with van der Waals surface area (Å²) in [5.74, 6) is -2.39. The molecule has 1 aromatic heterocycles. The lowest BCUT2D eigenvalue weighted by molar-refractivity contribution is -0.277. The van der Waals surface area contributed by atoms with Crippen LogP contribution in [0.3, 0.4) is 0 Å². The van der Waals surface area contributed by atoms with Crippen LogP contribution in [0.4, 0.5) is 0 Å². The van der Waals surface area contributed by atoms with Gasteiger partial charge in [0.05, 0.1) is 18.2 Å². The number of ether oxygens (including phenoxy) is 3. The number of phenolic OH excluding ortho intramolecular Hbond substituents is 4. The van der Waals surface area contributed by atoms with Gasteiger partial charge in [-0.25, -0.2) is 9.21 Å². The predicted octanol–water partition coefficient (Wildman–Crippen LogP) is 2.00. The summed E-state index contributed by atoms with van der Waals surface area (Å²) in [7, 11) is 0. The molecule has 3 aromatic carbocycles. The normalized spacial score (nSPS) is 22.1. The molecule has 0 unspecified atom stereocenters. The quantitative estimate of drug-likeness (QED) is 0.0505. The molecule has 5 rings (SSSR count). The summed E-state index contributed by atoms with van der Waals surface area (Å²) in [6, 6.07) is 13.5. The van der Waals surface area contributed by atoms with Crippen molar-refractivity contribution in [2.45, 2.75) is 30.7 Å². The Hall–Kier alpha value is -4.92. The van der Waals surface area contributed by atoms with Crippen molar-refractivity contribution >= 4 is 23.0 Å². The summed E-state index contributed by atoms with van der Waals surface area (Å²) in [6.45, 7) is -0.696. The van der Waals surface area contributed by atoms with Crippen molar-refractivity contribution in [2.24, 2.45) is 0 Å². The molecule has 43 heavy (non-hydrogen) atoms. The van der Waals surface area contributed by atoms with Crippen molar-refractivity contribution in [3.63, 3.8) is 0 Å². The molecule has 2 heterocycles. The van der Waals surface area contributed by atoms with E-state index in [9.17, 15) is 45.6 Å². The van der Waals surface area contributed by atoms with Crippen LogP contribution in [0.25, 0.3) is 28.4 Å². The number of carbonyl (C=O) groups is 1. The van der Waals surface area contributed by atoms with Crippen LogP contribution in [0.1, 0.15) is 5.56 Å². The van der Waals surface area contributed by atoms with E-state index < -0.39 is 60.5 Å². The first-order valence-corrected chi connectivity index (χ1v) is 12.9. The van der Waals surface area contributed by atoms with E-state index >= 15 is 0 Å². The summed E-state index contributed by atoms with van der Waals surface area (Å²) >= 11 is 0. The van der Waals surface area contributed by atoms with Gasteiger partial charge in [-0.15, -0.1) is 0 Å². The van der Waals surface area contributed by atoms with Crippen LogP contribution in [0.2, 0.25) is 0 Å². The monoisotopic (exact) mass is 595 g/mol. The van der Waals surface area contributed by atoms with Crippen LogP contribution < -0.4 is 9.47 Å². The van der Waals surface area contributed by atoms with E-state index in [1.807, 2.05) is 0 Å². The van der Waals surface area contributed by atoms with Gasteiger partial charge in [0.1, 0.15) is 47.1 Å². The minimum atomic E-state index is -1.76. The second-order valence-corrected chi connectivity index (χ2v) is 9.66. The molecule has 8 N–H and O–H groups in total. The van der Waals surface area contributed by atoms with Crippen molar-refractivity contribution in [1.29, 1.82) is 0 Å². The summed E-state index contributed by atoms with van der Waals surface area (Å²) in [6.07, 6.45) is -5.40. The Morgan fingerprint density at radius 3 is 2.30 bits per heavy atom. The number of aliphatic hydroxyl groups excluding tert-OH is 4. The molecule has 5 atom stereocenters. The third-order valence-electron chi connectivity index (χ3n) is 6.66. The van der Waals surface area contributed by atoms with Crippen molar-refractivity contribution < 1.29 is 64.3 Å². The predicted molar refractivity (Wildman–Crippen MR) is 148 cm³/mol. The molecule has 13 heteroatoms. The second-order valence-electron chi connectivity index (χ2n) is 9.66. The third kappa shape index (κ3) is 6.30. The average molecular weight is 596 g/mol. The molecule has 0 bridgehead atoms. The van der Waals surface area contributed by atoms with Crippen LogP contribution in [0.15, 0.2) is 71.2 Å². The van der Waals surface area contributed by atoms with Gasteiger partial charge in [0.2, 0.25) is 12.0 Å². The third-order valence-corrected chi connectivity index (χ3v) is 6.66. The molecule has 1 aliphatic rings. The van der Waals surface area contributed by atoms with E-state index in [2.05, 4.69) is 0 Å². The van der Waals surface area contributed by atoms with Crippen molar-refractivity contribution in [3.05, 3.63) is 72.3 Å². The molecule has 13 nitrogen and oxygen atoms in total. The smallest absolute Gasteiger partial charge is 0.402 e. The molecular weight excluding hydrogens is 568 g/mol. The number of aliphatic hydroxyl groups is 4. The molecule has 0 radical (unpaired) electrons. The number of aromatic hydroxyl groups is 4. The molecule has 1 fully saturated rings. The van der Waals surface area contributed by atoms with E-state index in [-0.39, 0.29) is 39.5 Å². The maximum Gasteiger partial charge on any atom is 0.402 e. The maximum atomic E-state index is 12.4. The highest BCUT2D eigenvalue weighted by molar-refractivity contribution is 5.92. The Labute approximate surface area is 242 Å². The fraction of sp³-hybridized carbons (Fsp3) is 0.200. The standard InChI is InChI=1S/C30H26O13/c31-13-24-26(37)27(38)28(39)30(43-24)42-23-12-18-20(34)10-17(40-25(36)8-3-14-1-5-16(32)6-2-14)11-22(18)41-29(23)15-4-7-19(33)21(35)9-15/h1-12,24,26-28,30-31,37-39H,13H2,(H3-,32,33,34,35,36)/p+1/t24-,26-,27+,28-,30-/m1/s1. The Kier molecular flexibility index (Phi) is 8.34. The van der Waals surface area contributed by atoms with Crippen LogP contribution in [0, 0.1) is 0 Å². The van der Waals surface area contributed by atoms with Gasteiger partial charge in [-0.1, -0.05) is 12.1 Å². The molecule has 0 amide bonds. The molecule has 4 aromatic rings. The van der Waals surface area contributed by atoms with Crippen LogP contribution >= 0.6 is 0 Å². The van der Waals surface area contributed by atoms with Crippen molar-refractivity contribution in [1.82, 2.24) is 0 Å². The van der Waals surface area contributed by atoms with Gasteiger partial charge in [0, 0.05) is 24.3 Å². The zero-order valence-electron chi connectivity index (χ0n) is 22.1. The minimum Gasteiger partial charge on any atom is -0.508 e. The summed E-state index contributed by atoms with van der Waals surface area (Å²) in [5, 5.41) is 80.4. The number of phenols is 4. The largest absolute Gasteiger partial charge is 0.508 e. The number of esters is 1. The zero-order valence-corrected chi connectivity index (χ0v) is 22.1. The van der Waals surface area contributed by atoms with Crippen LogP contribution in [-0.4, -0.2) is 84.1 Å². The van der Waals surface area contributed by atoms with Gasteiger partial charge in [-0.05, 0) is 35.9 Å². The van der Waals surface area contributed by atoms with Crippen molar-refractivity contribution in [3.8, 4) is 45.8 Å². The van der Waals surface area contributed by atoms with E-state index in [1.165, 1.54) is 42.5 Å². The van der Waals surface area contributed by atoms with Crippen LogP contribution in [0.5, 0.6) is 34.5 Å². The maximum absolute atomic E-state index is 12.4. The van der Waals surface area contributed by atoms with Gasteiger partial charge in [-0.3, -0.25) is 0 Å². The van der Waals surface area contributed by atoms with E-state index in [4.69, 9.17) is 18.6 Å². The molecule has 0 saturated carbocycles. The Balaban J connectivity index is 1.51. The summed E-state index contributed by atoms with van der Waals surface area (Å²) in [5.41, 5.74) is 0.782. The lowest BCUT2D eigenvalue weighted by Crippen LogP contribution is -2.60. The SMILES string of the molecule is O=C(C=Cc1ccc(O)cc1)Oc1cc(O)c2cc(O[C@@H]3O[C@H](CO)[C@@H](O)[C@H](O)[C@H]3O)c(-c3ccc(O)c(O)c3)[o+]c2c1. The fourth-order valence-corrected chi connectivity index (χ4v) is 4.38. The van der Waals surface area contributed by atoms with E-state index in [0.717, 1.165) is 18.2 Å². The topological polar surface area (TPSA) is 218 Å². The lowest BCUT2D eigenvalue weighted by atomic mass is 9.99. The summed E-state index contributed by atoms with van der Waals surface area (Å²) in [4.78, 5) is 12.4. The second kappa shape index (κ2) is 12.1. The number of rotatable bonds is 7. The number of carbonyl (C=O) groups excluding carboxylic acids is 1. The van der Waals surface area contributed by atoms with Gasteiger partial charge >= 0.3 is 17.3 Å². The van der Waals surface area contributed by atoms with E-state index in [0.29, 0.717) is 5.56 Å². The van der Waals surface area contributed by atoms with Crippen molar-refractivity contribution in [2.75, 3.05) is 6.61 Å². The minimum absolute atomic E-state index is 0.00553. The molecule has 0 aliphatic carbocycles. The van der Waals surface area contributed by atoms with E-state index in [1.54, 1.807) is 12.1 Å². The molecule has 0 spiro atoms. The summed E-state index contributed by atoms with van der Waals surface area (Å²) < 4.78 is 22.5. The number of benzene rings is 3.